The molecule has 2 atom stereocenters. The molecule has 0 aliphatic heterocycles. The van der Waals surface area contributed by atoms with Gasteiger partial charge in [-0.1, -0.05) is 42.2 Å². The third-order valence-corrected chi connectivity index (χ3v) is 3.46. The third-order valence-electron chi connectivity index (χ3n) is 3.46. The van der Waals surface area contributed by atoms with Crippen molar-refractivity contribution in [2.45, 2.75) is 25.0 Å². The fraction of sp³-hybridized carbons (Fsp3) is 0.222. The van der Waals surface area contributed by atoms with E-state index in [9.17, 15) is 15.2 Å². The van der Waals surface area contributed by atoms with Crippen LogP contribution in [0.25, 0.3) is 0 Å². The van der Waals surface area contributed by atoms with Gasteiger partial charge in [0.15, 0.2) is 0 Å². The van der Waals surface area contributed by atoms with E-state index in [0.29, 0.717) is 18.4 Å². The molecule has 0 fully saturated rings. The van der Waals surface area contributed by atoms with E-state index in [4.69, 9.17) is 5.73 Å². The number of nitrogens with two attached hydrogens (primary N) is 1. The van der Waals surface area contributed by atoms with E-state index in [1.807, 2.05) is 30.3 Å². The van der Waals surface area contributed by atoms with Crippen molar-refractivity contribution in [1.29, 1.82) is 0 Å². The van der Waals surface area contributed by atoms with Gasteiger partial charge < -0.3 is 10.8 Å². The predicted octanol–water partition coefficient (Wildman–Crippen LogP) is 3.21. The maximum atomic E-state index is 10.6. The first-order valence-electron chi connectivity index (χ1n) is 7.30. The van der Waals surface area contributed by atoms with Crippen LogP contribution in [0.15, 0.2) is 54.6 Å². The molecule has 5 nitrogen and oxygen atoms in total. The Kier molecular flexibility index (Phi) is 7.93. The van der Waals surface area contributed by atoms with E-state index in [1.54, 1.807) is 12.1 Å². The quantitative estimate of drug-likeness (QED) is 0.494. The van der Waals surface area contributed by atoms with Gasteiger partial charge in [-0.25, -0.2) is 0 Å². The van der Waals surface area contributed by atoms with Crippen molar-refractivity contribution >= 4 is 18.1 Å². The summed E-state index contributed by atoms with van der Waals surface area (Å²) in [5.74, 6) is 5.91. The summed E-state index contributed by atoms with van der Waals surface area (Å²) in [6, 6.07) is 15.0. The Hall–Kier alpha value is -2.39. The molecular formula is C18H19ClN2O3. The second kappa shape index (κ2) is 9.68. The Labute approximate surface area is 147 Å². The number of aliphatic hydroxyl groups is 1. The number of hydrogen-bond donors (Lipinski definition) is 2. The molecule has 2 rings (SSSR count). The highest BCUT2D eigenvalue weighted by Gasteiger charge is 2.15. The van der Waals surface area contributed by atoms with Crippen molar-refractivity contribution in [1.82, 2.24) is 0 Å². The average molecular weight is 347 g/mol. The molecule has 0 saturated heterocycles. The molecule has 0 spiro atoms. The molecule has 6 heteroatoms. The summed E-state index contributed by atoms with van der Waals surface area (Å²) in [4.78, 5) is 10.1. The highest BCUT2D eigenvalue weighted by atomic mass is 35.5. The van der Waals surface area contributed by atoms with Gasteiger partial charge in [-0.3, -0.25) is 10.1 Å². The number of benzene rings is 2. The first-order chi connectivity index (χ1) is 11.1. The molecule has 0 radical (unpaired) electrons. The van der Waals surface area contributed by atoms with Crippen LogP contribution in [0.3, 0.4) is 0 Å². The standard InChI is InChI=1S/C18H18N2O3.ClH/c19-17(18(21)15-7-2-1-3-8-15)9-5-4-6-14-10-12-16(13-11-14)20(22)23;/h1-3,7-8,10-13,17-18,21H,5,9,19H2;1H/t17-,18-;/m1./s1. The van der Waals surface area contributed by atoms with Crippen molar-refractivity contribution in [2.24, 2.45) is 5.73 Å². The van der Waals surface area contributed by atoms with Crippen LogP contribution >= 0.6 is 12.4 Å². The fourth-order valence-electron chi connectivity index (χ4n) is 2.13. The smallest absolute Gasteiger partial charge is 0.269 e. The first-order valence-corrected chi connectivity index (χ1v) is 7.30. The van der Waals surface area contributed by atoms with E-state index in [2.05, 4.69) is 11.8 Å². The van der Waals surface area contributed by atoms with Gasteiger partial charge in [-0.2, -0.15) is 0 Å². The second-order valence-corrected chi connectivity index (χ2v) is 5.16. The molecule has 0 aliphatic carbocycles. The molecule has 0 saturated carbocycles. The predicted molar refractivity (Wildman–Crippen MR) is 95.8 cm³/mol. The van der Waals surface area contributed by atoms with Gasteiger partial charge in [0.2, 0.25) is 0 Å². The van der Waals surface area contributed by atoms with Crippen molar-refractivity contribution < 1.29 is 10.0 Å². The summed E-state index contributed by atoms with van der Waals surface area (Å²) < 4.78 is 0. The topological polar surface area (TPSA) is 89.4 Å². The third kappa shape index (κ3) is 5.67. The minimum atomic E-state index is -0.711. The molecule has 0 aliphatic rings. The molecule has 0 unspecified atom stereocenters. The van der Waals surface area contributed by atoms with Gasteiger partial charge in [0.1, 0.15) is 0 Å². The minimum absolute atomic E-state index is 0. The monoisotopic (exact) mass is 346 g/mol. The number of halogens is 1. The summed E-state index contributed by atoms with van der Waals surface area (Å²) in [6.45, 7) is 0. The Bertz CT molecular complexity index is 709. The van der Waals surface area contributed by atoms with Crippen LogP contribution in [0.4, 0.5) is 5.69 Å². The number of hydrogen-bond acceptors (Lipinski definition) is 4. The van der Waals surface area contributed by atoms with E-state index in [-0.39, 0.29) is 24.1 Å². The zero-order chi connectivity index (χ0) is 16.7. The Morgan fingerprint density at radius 1 is 1.12 bits per heavy atom. The number of non-ortho nitro benzene ring substituents is 1. The maximum Gasteiger partial charge on any atom is 0.269 e. The highest BCUT2D eigenvalue weighted by molar-refractivity contribution is 5.85. The minimum Gasteiger partial charge on any atom is -0.387 e. The summed E-state index contributed by atoms with van der Waals surface area (Å²) in [7, 11) is 0. The Morgan fingerprint density at radius 2 is 1.75 bits per heavy atom. The number of nitro groups is 1. The molecule has 24 heavy (non-hydrogen) atoms. The van der Waals surface area contributed by atoms with Crippen LogP contribution in [0.5, 0.6) is 0 Å². The van der Waals surface area contributed by atoms with Crippen LogP contribution in [-0.4, -0.2) is 16.1 Å². The molecule has 2 aromatic carbocycles. The summed E-state index contributed by atoms with van der Waals surface area (Å²) >= 11 is 0. The number of nitro benzene ring substituents is 1. The van der Waals surface area contributed by atoms with Crippen LogP contribution in [-0.2, 0) is 0 Å². The SMILES string of the molecule is Cl.N[C@H](CCC#Cc1ccc([N+](=O)[O-])cc1)[C@H](O)c1ccccc1. The lowest BCUT2D eigenvalue weighted by molar-refractivity contribution is -0.384. The molecule has 0 aromatic heterocycles. The first kappa shape index (κ1) is 19.7. The largest absolute Gasteiger partial charge is 0.387 e. The molecule has 3 N–H and O–H groups in total. The van der Waals surface area contributed by atoms with E-state index in [0.717, 1.165) is 5.56 Å². The summed E-state index contributed by atoms with van der Waals surface area (Å²) in [5.41, 5.74) is 7.54. The van der Waals surface area contributed by atoms with E-state index < -0.39 is 11.0 Å². The van der Waals surface area contributed by atoms with Gasteiger partial charge in [0, 0.05) is 30.2 Å². The van der Waals surface area contributed by atoms with E-state index in [1.165, 1.54) is 12.1 Å². The lowest BCUT2D eigenvalue weighted by atomic mass is 9.99. The van der Waals surface area contributed by atoms with Gasteiger partial charge in [-0.15, -0.1) is 12.4 Å². The lowest BCUT2D eigenvalue weighted by Crippen LogP contribution is -2.28. The zero-order valence-corrected chi connectivity index (χ0v) is 13.8. The lowest BCUT2D eigenvalue weighted by Gasteiger charge is -2.18. The Balaban J connectivity index is 0.00000288. The van der Waals surface area contributed by atoms with Gasteiger partial charge >= 0.3 is 0 Å². The molecule has 0 heterocycles. The number of nitrogens with zero attached hydrogens (tertiary/aromatic N) is 1. The number of rotatable bonds is 5. The zero-order valence-electron chi connectivity index (χ0n) is 13.0. The summed E-state index contributed by atoms with van der Waals surface area (Å²) in [6.07, 6.45) is 0.398. The Morgan fingerprint density at radius 3 is 2.33 bits per heavy atom. The number of aliphatic hydroxyl groups excluding tert-OH is 1. The van der Waals surface area contributed by atoms with Gasteiger partial charge in [0.25, 0.3) is 5.69 Å². The summed E-state index contributed by atoms with van der Waals surface area (Å²) in [5, 5.41) is 20.7. The van der Waals surface area contributed by atoms with Crippen LogP contribution in [0.2, 0.25) is 0 Å². The van der Waals surface area contributed by atoms with E-state index >= 15 is 0 Å². The molecular weight excluding hydrogens is 328 g/mol. The van der Waals surface area contributed by atoms with Crippen molar-refractivity contribution in [3.05, 3.63) is 75.8 Å². The average Bonchev–Trinajstić information content (AvgIpc) is 2.59. The van der Waals surface area contributed by atoms with Crippen molar-refractivity contribution in [3.8, 4) is 11.8 Å². The van der Waals surface area contributed by atoms with Gasteiger partial charge in [-0.05, 0) is 24.1 Å². The maximum absolute atomic E-state index is 10.6. The normalized spacial score (nSPS) is 12.2. The highest BCUT2D eigenvalue weighted by Crippen LogP contribution is 2.17. The van der Waals surface area contributed by atoms with Crippen LogP contribution < -0.4 is 5.73 Å². The molecule has 126 valence electrons. The molecule has 2 aromatic rings. The van der Waals surface area contributed by atoms with Gasteiger partial charge in [0.05, 0.1) is 11.0 Å². The van der Waals surface area contributed by atoms with Crippen molar-refractivity contribution in [3.63, 3.8) is 0 Å². The molecule has 0 bridgehead atoms. The van der Waals surface area contributed by atoms with Crippen LogP contribution in [0.1, 0.15) is 30.1 Å². The molecule has 0 amide bonds. The fourth-order valence-corrected chi connectivity index (χ4v) is 2.13. The van der Waals surface area contributed by atoms with Crippen molar-refractivity contribution in [2.75, 3.05) is 0 Å². The second-order valence-electron chi connectivity index (χ2n) is 5.16. The van der Waals surface area contributed by atoms with Crippen LogP contribution in [0, 0.1) is 22.0 Å².